The number of hydrogen-bond acceptors (Lipinski definition) is 4. The number of hydrogen-bond donors (Lipinski definition) is 1. The second-order valence-corrected chi connectivity index (χ2v) is 7.56. The van der Waals surface area contributed by atoms with Crippen molar-refractivity contribution in [3.8, 4) is 5.75 Å². The van der Waals surface area contributed by atoms with E-state index in [1.807, 2.05) is 32.0 Å². The third-order valence-corrected chi connectivity index (χ3v) is 5.47. The quantitative estimate of drug-likeness (QED) is 0.833. The van der Waals surface area contributed by atoms with Crippen molar-refractivity contribution in [3.05, 3.63) is 29.3 Å². The molecule has 1 spiro atoms. The normalized spacial score (nSPS) is 21.0. The van der Waals surface area contributed by atoms with E-state index in [4.69, 9.17) is 4.74 Å². The Morgan fingerprint density at radius 1 is 1.20 bits per heavy atom. The van der Waals surface area contributed by atoms with Gasteiger partial charge >= 0.3 is 0 Å². The van der Waals surface area contributed by atoms with Gasteiger partial charge in [-0.15, -0.1) is 0 Å². The van der Waals surface area contributed by atoms with E-state index in [0.29, 0.717) is 6.42 Å². The summed E-state index contributed by atoms with van der Waals surface area (Å²) in [5, 5.41) is 10.3. The molecule has 1 aliphatic heterocycles. The molecule has 1 atom stereocenters. The fraction of sp³-hybridized carbons (Fsp3) is 0.600. The number of aliphatic hydroxyl groups excluding tert-OH is 1. The summed E-state index contributed by atoms with van der Waals surface area (Å²) >= 11 is 0. The summed E-state index contributed by atoms with van der Waals surface area (Å²) < 4.78 is 5.70. The third kappa shape index (κ3) is 3.71. The summed E-state index contributed by atoms with van der Waals surface area (Å²) in [5.41, 5.74) is 1.58. The van der Waals surface area contributed by atoms with Crippen molar-refractivity contribution in [1.29, 1.82) is 0 Å². The molecule has 1 heterocycles. The molecule has 1 saturated carbocycles. The molecule has 5 nitrogen and oxygen atoms in total. The number of carbonyl (C=O) groups excluding carboxylic acids is 2. The first-order valence-corrected chi connectivity index (χ1v) is 9.14. The second-order valence-electron chi connectivity index (χ2n) is 7.56. The van der Waals surface area contributed by atoms with Crippen molar-refractivity contribution in [2.75, 3.05) is 13.2 Å². The Labute approximate surface area is 149 Å². The summed E-state index contributed by atoms with van der Waals surface area (Å²) in [6.45, 7) is 4.01. The number of β-amino-alcohol motifs (C(OH)–C–C–N with tert-alkyl or cyclic N) is 1. The molecule has 2 amide bonds. The third-order valence-electron chi connectivity index (χ3n) is 5.47. The maximum absolute atomic E-state index is 12.8. The van der Waals surface area contributed by atoms with Crippen LogP contribution < -0.4 is 4.74 Å². The van der Waals surface area contributed by atoms with Crippen LogP contribution in [0.15, 0.2) is 18.2 Å². The maximum Gasteiger partial charge on any atom is 0.235 e. The Balaban J connectivity index is 1.59. The van der Waals surface area contributed by atoms with Gasteiger partial charge in [-0.1, -0.05) is 31.4 Å². The highest BCUT2D eigenvalue weighted by Crippen LogP contribution is 2.45. The average molecular weight is 345 g/mol. The van der Waals surface area contributed by atoms with E-state index in [9.17, 15) is 14.7 Å². The van der Waals surface area contributed by atoms with Crippen LogP contribution in [-0.2, 0) is 9.59 Å². The minimum absolute atomic E-state index is 0.0181. The van der Waals surface area contributed by atoms with E-state index in [0.717, 1.165) is 49.0 Å². The zero-order valence-corrected chi connectivity index (χ0v) is 15.1. The molecule has 2 fully saturated rings. The van der Waals surface area contributed by atoms with Gasteiger partial charge in [0.15, 0.2) is 0 Å². The molecule has 0 unspecified atom stereocenters. The first kappa shape index (κ1) is 17.9. The Morgan fingerprint density at radius 2 is 1.92 bits per heavy atom. The lowest BCUT2D eigenvalue weighted by Gasteiger charge is -2.30. The fourth-order valence-electron chi connectivity index (χ4n) is 3.98. The van der Waals surface area contributed by atoms with Crippen LogP contribution in [0.5, 0.6) is 5.75 Å². The molecule has 1 aromatic rings. The van der Waals surface area contributed by atoms with Crippen LogP contribution >= 0.6 is 0 Å². The molecule has 25 heavy (non-hydrogen) atoms. The highest BCUT2D eigenvalue weighted by atomic mass is 16.5. The highest BCUT2D eigenvalue weighted by molar-refractivity contribution is 6.06. The van der Waals surface area contributed by atoms with Gasteiger partial charge in [0.05, 0.1) is 12.0 Å². The average Bonchev–Trinajstić information content (AvgIpc) is 2.80. The molecule has 1 N–H and O–H groups in total. The number of benzene rings is 1. The van der Waals surface area contributed by atoms with E-state index >= 15 is 0 Å². The summed E-state index contributed by atoms with van der Waals surface area (Å²) in [7, 11) is 0. The number of ether oxygens (including phenoxy) is 1. The molecular formula is C20H27NO4. The zero-order valence-electron chi connectivity index (χ0n) is 15.1. The van der Waals surface area contributed by atoms with Crippen molar-refractivity contribution in [3.63, 3.8) is 0 Å². The molecule has 0 aromatic heterocycles. The predicted octanol–water partition coefficient (Wildman–Crippen LogP) is 2.75. The van der Waals surface area contributed by atoms with E-state index in [1.54, 1.807) is 0 Å². The van der Waals surface area contributed by atoms with Gasteiger partial charge in [0, 0.05) is 6.42 Å². The summed E-state index contributed by atoms with van der Waals surface area (Å²) in [4.78, 5) is 26.3. The number of amides is 2. The second kappa shape index (κ2) is 7.16. The van der Waals surface area contributed by atoms with Crippen LogP contribution in [0.3, 0.4) is 0 Å². The van der Waals surface area contributed by atoms with Gasteiger partial charge in [-0.25, -0.2) is 0 Å². The van der Waals surface area contributed by atoms with Crippen LogP contribution in [-0.4, -0.2) is 41.1 Å². The topological polar surface area (TPSA) is 66.8 Å². The van der Waals surface area contributed by atoms with Crippen LogP contribution in [0.25, 0.3) is 0 Å². The van der Waals surface area contributed by atoms with Gasteiger partial charge < -0.3 is 9.84 Å². The molecule has 1 aromatic carbocycles. The first-order chi connectivity index (χ1) is 11.9. The summed E-state index contributed by atoms with van der Waals surface area (Å²) in [6.07, 6.45) is 4.15. The van der Waals surface area contributed by atoms with Gasteiger partial charge in [0.2, 0.25) is 11.8 Å². The van der Waals surface area contributed by atoms with Gasteiger partial charge in [-0.2, -0.15) is 0 Å². The van der Waals surface area contributed by atoms with Gasteiger partial charge in [0.25, 0.3) is 0 Å². The zero-order chi connectivity index (χ0) is 18.0. The van der Waals surface area contributed by atoms with Crippen LogP contribution in [0.4, 0.5) is 0 Å². The van der Waals surface area contributed by atoms with E-state index < -0.39 is 11.5 Å². The number of nitrogens with zero attached hydrogens (tertiary/aromatic N) is 1. The molecule has 1 aliphatic carbocycles. The standard InChI is InChI=1S/C20H27NO4/c1-14-6-7-15(2)17(10-14)25-13-16(22)12-21-18(23)11-20(19(21)24)8-4-3-5-9-20/h6-7,10,16,22H,3-5,8-9,11-13H2,1-2H3/t16-/m1/s1. The molecule has 1 saturated heterocycles. The van der Waals surface area contributed by atoms with Crippen LogP contribution in [0, 0.1) is 19.3 Å². The van der Waals surface area contributed by atoms with E-state index in [1.165, 1.54) is 4.90 Å². The van der Waals surface area contributed by atoms with Crippen molar-refractivity contribution in [2.24, 2.45) is 5.41 Å². The van der Waals surface area contributed by atoms with Crippen molar-refractivity contribution >= 4 is 11.8 Å². The number of likely N-dealkylation sites (tertiary alicyclic amines) is 1. The van der Waals surface area contributed by atoms with Crippen molar-refractivity contribution in [1.82, 2.24) is 4.90 Å². The molecule has 136 valence electrons. The Bertz CT molecular complexity index is 664. The van der Waals surface area contributed by atoms with Crippen LogP contribution in [0.2, 0.25) is 0 Å². The Hall–Kier alpha value is -1.88. The van der Waals surface area contributed by atoms with E-state index in [-0.39, 0.29) is 25.0 Å². The molecule has 3 rings (SSSR count). The monoisotopic (exact) mass is 345 g/mol. The summed E-state index contributed by atoms with van der Waals surface area (Å²) in [5.74, 6) is 0.475. The van der Waals surface area contributed by atoms with Gasteiger partial charge in [-0.05, 0) is 43.9 Å². The maximum atomic E-state index is 12.8. The predicted molar refractivity (Wildman–Crippen MR) is 94.3 cm³/mol. The Morgan fingerprint density at radius 3 is 2.64 bits per heavy atom. The molecular weight excluding hydrogens is 318 g/mol. The lowest BCUT2D eigenvalue weighted by atomic mass is 9.73. The first-order valence-electron chi connectivity index (χ1n) is 9.14. The number of aryl methyl sites for hydroxylation is 2. The largest absolute Gasteiger partial charge is 0.491 e. The van der Waals surface area contributed by atoms with Crippen molar-refractivity contribution < 1.29 is 19.4 Å². The van der Waals surface area contributed by atoms with E-state index in [2.05, 4.69) is 0 Å². The summed E-state index contributed by atoms with van der Waals surface area (Å²) in [6, 6.07) is 5.90. The van der Waals surface area contributed by atoms with Crippen LogP contribution in [0.1, 0.15) is 49.7 Å². The molecule has 0 bridgehead atoms. The Kier molecular flexibility index (Phi) is 5.13. The minimum Gasteiger partial charge on any atom is -0.491 e. The number of imide groups is 1. The smallest absolute Gasteiger partial charge is 0.235 e. The lowest BCUT2D eigenvalue weighted by Crippen LogP contribution is -2.42. The molecule has 0 radical (unpaired) electrons. The minimum atomic E-state index is -0.883. The SMILES string of the molecule is Cc1ccc(C)c(OC[C@H](O)CN2C(=O)CC3(CCCCC3)C2=O)c1. The highest BCUT2D eigenvalue weighted by Gasteiger charge is 2.51. The fourth-order valence-corrected chi connectivity index (χ4v) is 3.98. The lowest BCUT2D eigenvalue weighted by molar-refractivity contribution is -0.144. The number of rotatable bonds is 5. The number of aliphatic hydroxyl groups is 1. The van der Waals surface area contributed by atoms with Gasteiger partial charge in [-0.3, -0.25) is 14.5 Å². The molecule has 2 aliphatic rings. The van der Waals surface area contributed by atoms with Gasteiger partial charge in [0.1, 0.15) is 18.5 Å². The van der Waals surface area contributed by atoms with Crippen molar-refractivity contribution in [2.45, 2.75) is 58.5 Å². The number of carbonyl (C=O) groups is 2. The molecule has 5 heteroatoms.